The molecule has 0 aliphatic carbocycles. The lowest BCUT2D eigenvalue weighted by molar-refractivity contribution is 0.562. The minimum Gasteiger partial charge on any atom is -0.423 e. The lowest BCUT2D eigenvalue weighted by Crippen LogP contribution is -2.26. The van der Waals surface area contributed by atoms with Crippen molar-refractivity contribution in [1.29, 1.82) is 0 Å². The second-order valence-electron chi connectivity index (χ2n) is 3.45. The molecule has 70 valence electrons. The van der Waals surface area contributed by atoms with Crippen LogP contribution in [0.25, 0.3) is 0 Å². The number of nitrogens with zero attached hydrogens (tertiary/aromatic N) is 2. The Morgan fingerprint density at radius 2 is 2.36 bits per heavy atom. The number of anilines is 1. The molecule has 0 bridgehead atoms. The van der Waals surface area contributed by atoms with Crippen molar-refractivity contribution < 1.29 is 4.74 Å². The van der Waals surface area contributed by atoms with E-state index < -0.39 is 0 Å². The molecule has 0 fully saturated rings. The van der Waals surface area contributed by atoms with Gasteiger partial charge < -0.3 is 4.74 Å². The van der Waals surface area contributed by atoms with E-state index in [1.54, 1.807) is 0 Å². The summed E-state index contributed by atoms with van der Waals surface area (Å²) in [5, 5.41) is 0. The van der Waals surface area contributed by atoms with E-state index in [9.17, 15) is 0 Å². The molecule has 0 amide bonds. The third kappa shape index (κ3) is 0.954. The summed E-state index contributed by atoms with van der Waals surface area (Å²) in [6, 6.07) is 6.82. The molecule has 0 atom stereocenters. The number of amidine groups is 1. The molecule has 3 heteroatoms. The van der Waals surface area contributed by atoms with E-state index in [0.717, 1.165) is 11.4 Å². The van der Waals surface area contributed by atoms with Crippen LogP contribution in [-0.2, 0) is 0 Å². The zero-order valence-corrected chi connectivity index (χ0v) is 7.90. The fraction of sp³-hybridized carbons (Fsp3) is 0.182. The number of ether oxygens (including phenoxy) is 1. The van der Waals surface area contributed by atoms with Crippen LogP contribution >= 0.6 is 0 Å². The second-order valence-corrected chi connectivity index (χ2v) is 3.45. The Morgan fingerprint density at radius 3 is 3.29 bits per heavy atom. The molecule has 3 rings (SSSR count). The largest absolute Gasteiger partial charge is 0.423 e. The maximum absolute atomic E-state index is 5.59. The van der Waals surface area contributed by atoms with Crippen LogP contribution in [0.2, 0.25) is 0 Å². The Hall–Kier alpha value is -1.77. The van der Waals surface area contributed by atoms with Crippen molar-refractivity contribution in [1.82, 2.24) is 0 Å². The first-order chi connectivity index (χ1) is 6.84. The zero-order chi connectivity index (χ0) is 9.54. The average Bonchev–Trinajstić information content (AvgIpc) is 2.56. The van der Waals surface area contributed by atoms with Crippen LogP contribution in [0.1, 0.15) is 5.56 Å². The lowest BCUT2D eigenvalue weighted by Gasteiger charge is -2.14. The van der Waals surface area contributed by atoms with E-state index >= 15 is 0 Å². The van der Waals surface area contributed by atoms with Gasteiger partial charge in [-0.3, -0.25) is 4.90 Å². The monoisotopic (exact) mass is 186 g/mol. The number of benzene rings is 1. The topological polar surface area (TPSA) is 24.8 Å². The van der Waals surface area contributed by atoms with Crippen molar-refractivity contribution in [3.63, 3.8) is 0 Å². The fourth-order valence-electron chi connectivity index (χ4n) is 1.69. The van der Waals surface area contributed by atoms with Crippen molar-refractivity contribution in [2.24, 2.45) is 4.99 Å². The predicted molar refractivity (Wildman–Crippen MR) is 55.7 cm³/mol. The summed E-state index contributed by atoms with van der Waals surface area (Å²) in [5.74, 6) is 0.890. The summed E-state index contributed by atoms with van der Waals surface area (Å²) in [6.45, 7) is 2.78. The van der Waals surface area contributed by atoms with Crippen LogP contribution < -0.4 is 9.64 Å². The van der Waals surface area contributed by atoms with E-state index in [4.69, 9.17) is 4.74 Å². The van der Waals surface area contributed by atoms with Crippen molar-refractivity contribution in [3.05, 3.63) is 36.0 Å². The number of hydrogen-bond acceptors (Lipinski definition) is 3. The van der Waals surface area contributed by atoms with Gasteiger partial charge in [-0.05, 0) is 30.7 Å². The van der Waals surface area contributed by atoms with Gasteiger partial charge in [-0.2, -0.15) is 0 Å². The molecule has 0 aromatic heterocycles. The highest BCUT2D eigenvalue weighted by Gasteiger charge is 2.27. The van der Waals surface area contributed by atoms with Crippen molar-refractivity contribution in [3.8, 4) is 5.75 Å². The molecule has 2 heterocycles. The smallest absolute Gasteiger partial charge is 0.302 e. The van der Waals surface area contributed by atoms with Gasteiger partial charge in [-0.15, -0.1) is 0 Å². The Labute approximate surface area is 82.3 Å². The number of hydrogen-bond donors (Lipinski definition) is 0. The number of aryl methyl sites for hydroxylation is 1. The molecule has 0 unspecified atom stereocenters. The lowest BCUT2D eigenvalue weighted by atomic mass is 10.2. The molecule has 0 saturated carbocycles. The van der Waals surface area contributed by atoms with E-state index in [-0.39, 0.29) is 0 Å². The molecule has 2 aliphatic heterocycles. The van der Waals surface area contributed by atoms with E-state index in [1.807, 2.05) is 29.3 Å². The summed E-state index contributed by atoms with van der Waals surface area (Å²) in [6.07, 6.45) is 4.03. The standard InChI is InChI=1S/C11H10N2O/c1-8-3-4-10-9(7-8)13-6-2-5-12-11(13)14-10/h2-4,6-7H,5H2,1H3. The van der Waals surface area contributed by atoms with Crippen LogP contribution in [0.5, 0.6) is 5.75 Å². The van der Waals surface area contributed by atoms with Gasteiger partial charge in [0.15, 0.2) is 5.75 Å². The quantitative estimate of drug-likeness (QED) is 0.619. The molecule has 0 saturated heterocycles. The second kappa shape index (κ2) is 2.61. The molecule has 14 heavy (non-hydrogen) atoms. The Morgan fingerprint density at radius 1 is 1.43 bits per heavy atom. The molecular formula is C11H10N2O. The first kappa shape index (κ1) is 7.62. The van der Waals surface area contributed by atoms with Crippen LogP contribution in [0.15, 0.2) is 35.5 Å². The van der Waals surface area contributed by atoms with Gasteiger partial charge in [0, 0.05) is 6.20 Å². The minimum atomic E-state index is 0.688. The molecule has 1 aromatic carbocycles. The molecule has 3 nitrogen and oxygen atoms in total. The van der Waals surface area contributed by atoms with E-state index in [0.29, 0.717) is 12.6 Å². The molecule has 2 aliphatic rings. The van der Waals surface area contributed by atoms with Crippen LogP contribution in [0.4, 0.5) is 5.69 Å². The molecular weight excluding hydrogens is 176 g/mol. The Kier molecular flexibility index (Phi) is 1.42. The fourth-order valence-corrected chi connectivity index (χ4v) is 1.69. The van der Waals surface area contributed by atoms with Gasteiger partial charge in [0.05, 0.1) is 12.2 Å². The van der Waals surface area contributed by atoms with Gasteiger partial charge in [0.2, 0.25) is 0 Å². The van der Waals surface area contributed by atoms with Gasteiger partial charge in [-0.25, -0.2) is 4.99 Å². The predicted octanol–water partition coefficient (Wildman–Crippen LogP) is 2.08. The third-order valence-electron chi connectivity index (χ3n) is 2.37. The summed E-state index contributed by atoms with van der Waals surface area (Å²) in [7, 11) is 0. The summed E-state index contributed by atoms with van der Waals surface area (Å²) in [4.78, 5) is 6.25. The molecule has 0 N–H and O–H groups in total. The van der Waals surface area contributed by atoms with Gasteiger partial charge in [0.1, 0.15) is 0 Å². The Bertz CT molecular complexity index is 449. The third-order valence-corrected chi connectivity index (χ3v) is 2.37. The average molecular weight is 186 g/mol. The highest BCUT2D eigenvalue weighted by atomic mass is 16.5. The number of aliphatic imine (C=N–C) groups is 1. The maximum atomic E-state index is 5.59. The summed E-state index contributed by atoms with van der Waals surface area (Å²) < 4.78 is 5.59. The van der Waals surface area contributed by atoms with Crippen LogP contribution in [-0.4, -0.2) is 12.6 Å². The van der Waals surface area contributed by atoms with Crippen LogP contribution in [0.3, 0.4) is 0 Å². The first-order valence-corrected chi connectivity index (χ1v) is 4.63. The SMILES string of the molecule is Cc1ccc2c(c1)N1C=CCN=C1O2. The maximum Gasteiger partial charge on any atom is 0.302 e. The van der Waals surface area contributed by atoms with Crippen molar-refractivity contribution in [2.75, 3.05) is 11.4 Å². The number of fused-ring (bicyclic) bond motifs is 3. The highest BCUT2D eigenvalue weighted by Crippen LogP contribution is 2.36. The van der Waals surface area contributed by atoms with Crippen LogP contribution in [0, 0.1) is 6.92 Å². The minimum absolute atomic E-state index is 0.688. The zero-order valence-electron chi connectivity index (χ0n) is 7.90. The van der Waals surface area contributed by atoms with Gasteiger partial charge in [-0.1, -0.05) is 6.07 Å². The highest BCUT2D eigenvalue weighted by molar-refractivity contribution is 6.02. The molecule has 1 aromatic rings. The number of rotatable bonds is 0. The normalized spacial score (nSPS) is 17.2. The van der Waals surface area contributed by atoms with Crippen molar-refractivity contribution >= 4 is 11.7 Å². The first-order valence-electron chi connectivity index (χ1n) is 4.63. The molecule has 0 radical (unpaired) electrons. The Balaban J connectivity index is 2.16. The van der Waals surface area contributed by atoms with E-state index in [2.05, 4.69) is 18.0 Å². The van der Waals surface area contributed by atoms with Crippen molar-refractivity contribution in [2.45, 2.75) is 6.92 Å². The summed E-state index contributed by atoms with van der Waals surface area (Å²) in [5.41, 5.74) is 2.31. The van der Waals surface area contributed by atoms with Gasteiger partial charge in [0.25, 0.3) is 0 Å². The van der Waals surface area contributed by atoms with Gasteiger partial charge >= 0.3 is 6.02 Å². The summed E-state index contributed by atoms with van der Waals surface area (Å²) >= 11 is 0. The molecule has 0 spiro atoms. The van der Waals surface area contributed by atoms with E-state index in [1.165, 1.54) is 5.56 Å².